The van der Waals surface area contributed by atoms with Crippen LogP contribution >= 0.6 is 15.6 Å². The summed E-state index contributed by atoms with van der Waals surface area (Å²) in [5.41, 5.74) is 0. The lowest BCUT2D eigenvalue weighted by Gasteiger charge is -2.20. The number of hydrogen-bond acceptors (Lipinski definition) is 11. The Labute approximate surface area is 397 Å². The molecule has 0 aromatic heterocycles. The van der Waals surface area contributed by atoms with Crippen molar-refractivity contribution in [3.63, 3.8) is 0 Å². The first-order chi connectivity index (χ1) is 31.6. The molecule has 66 heavy (non-hydrogen) atoms. The van der Waals surface area contributed by atoms with Crippen LogP contribution in [0.3, 0.4) is 0 Å². The zero-order chi connectivity index (χ0) is 49.0. The number of carbonyl (C=O) groups excluding carboxylic acids is 2. The fraction of sp³-hybridized carbons (Fsp3) is 0.720. The molecule has 0 heterocycles. The first-order valence-corrected chi connectivity index (χ1v) is 27.6. The Kier molecular flexibility index (Phi) is 42.1. The van der Waals surface area contributed by atoms with Crippen molar-refractivity contribution in [1.82, 2.24) is 0 Å². The van der Waals surface area contributed by atoms with Crippen LogP contribution < -0.4 is 0 Å². The predicted octanol–water partition coefficient (Wildman–Crippen LogP) is 12.2. The third-order valence-electron chi connectivity index (χ3n) is 10.1. The Morgan fingerprint density at radius 3 is 1.62 bits per heavy atom. The molecule has 0 amide bonds. The van der Waals surface area contributed by atoms with Crippen LogP contribution in [0, 0.1) is 5.92 Å². The molecule has 0 fully saturated rings. The van der Waals surface area contributed by atoms with Gasteiger partial charge in [0.15, 0.2) is 6.10 Å². The Morgan fingerprint density at radius 1 is 0.545 bits per heavy atom. The first kappa shape index (κ1) is 63.5. The SMILES string of the molecule is CC/C=C\C/C=C\CC(O)/C=C/C=C\C/C=C\C/C=C\CCC(=O)O[C@H](COC(=O)CCCCCCCCCCCCCCCCCCC(C)C)COP(=O)(O)OC[C@@H](O)COP(=O)(O)O. The number of phosphoric acid groups is 2. The zero-order valence-electron chi connectivity index (χ0n) is 40.5. The molecule has 382 valence electrons. The highest BCUT2D eigenvalue weighted by atomic mass is 31.2. The van der Waals surface area contributed by atoms with Gasteiger partial charge >= 0.3 is 27.6 Å². The number of allylic oxidation sites excluding steroid dienone is 10. The zero-order valence-corrected chi connectivity index (χ0v) is 42.3. The Morgan fingerprint density at radius 2 is 1.05 bits per heavy atom. The maximum atomic E-state index is 12.7. The van der Waals surface area contributed by atoms with Crippen molar-refractivity contribution in [3.8, 4) is 0 Å². The monoisotopic (exact) mass is 975 g/mol. The van der Waals surface area contributed by atoms with Crippen molar-refractivity contribution >= 4 is 27.6 Å². The second-order valence-corrected chi connectivity index (χ2v) is 19.7. The molecule has 0 saturated carbocycles. The van der Waals surface area contributed by atoms with Gasteiger partial charge in [0.05, 0.1) is 25.9 Å². The number of aliphatic hydroxyl groups excluding tert-OH is 2. The van der Waals surface area contributed by atoms with E-state index >= 15 is 0 Å². The van der Waals surface area contributed by atoms with Gasteiger partial charge in [-0.25, -0.2) is 9.13 Å². The molecule has 14 nitrogen and oxygen atoms in total. The molecule has 0 bridgehead atoms. The maximum absolute atomic E-state index is 12.7. The summed E-state index contributed by atoms with van der Waals surface area (Å²) >= 11 is 0. The third kappa shape index (κ3) is 48.0. The van der Waals surface area contributed by atoms with E-state index in [9.17, 15) is 33.8 Å². The first-order valence-electron chi connectivity index (χ1n) is 24.6. The summed E-state index contributed by atoms with van der Waals surface area (Å²) in [6, 6.07) is 0. The minimum atomic E-state index is -4.88. The van der Waals surface area contributed by atoms with E-state index in [-0.39, 0.29) is 12.8 Å². The molecule has 0 aromatic carbocycles. The van der Waals surface area contributed by atoms with Gasteiger partial charge in [-0.3, -0.25) is 23.2 Å². The van der Waals surface area contributed by atoms with Crippen LogP contribution in [0.15, 0.2) is 72.9 Å². The van der Waals surface area contributed by atoms with Crippen molar-refractivity contribution in [1.29, 1.82) is 0 Å². The smallest absolute Gasteiger partial charge is 0.462 e. The number of aliphatic hydroxyl groups is 2. The third-order valence-corrected chi connectivity index (χ3v) is 11.6. The molecular weight excluding hydrogens is 886 g/mol. The topological polar surface area (TPSA) is 216 Å². The second kappa shape index (κ2) is 43.8. The molecular formula is C50H88O14P2. The molecule has 0 aliphatic heterocycles. The number of phosphoric ester groups is 2. The largest absolute Gasteiger partial charge is 0.472 e. The summed E-state index contributed by atoms with van der Waals surface area (Å²) in [5.74, 6) is -0.340. The highest BCUT2D eigenvalue weighted by molar-refractivity contribution is 7.47. The van der Waals surface area contributed by atoms with Gasteiger partial charge in [-0.1, -0.05) is 196 Å². The van der Waals surface area contributed by atoms with Gasteiger partial charge in [0.1, 0.15) is 12.7 Å². The lowest BCUT2D eigenvalue weighted by atomic mass is 10.0. The van der Waals surface area contributed by atoms with Crippen molar-refractivity contribution in [2.24, 2.45) is 5.92 Å². The predicted molar refractivity (Wildman–Crippen MR) is 263 cm³/mol. The molecule has 0 aromatic rings. The number of carbonyl (C=O) groups is 2. The molecule has 2 unspecified atom stereocenters. The maximum Gasteiger partial charge on any atom is 0.472 e. The van der Waals surface area contributed by atoms with E-state index in [0.717, 1.165) is 44.4 Å². The quantitative estimate of drug-likeness (QED) is 0.0126. The summed E-state index contributed by atoms with van der Waals surface area (Å²) in [6.45, 7) is 3.84. The van der Waals surface area contributed by atoms with Crippen LogP contribution in [0.1, 0.15) is 181 Å². The highest BCUT2D eigenvalue weighted by Crippen LogP contribution is 2.43. The summed E-state index contributed by atoms with van der Waals surface area (Å²) in [6.07, 6.45) is 45.1. The average Bonchev–Trinajstić information content (AvgIpc) is 3.26. The Bertz CT molecular complexity index is 1470. The molecule has 16 heteroatoms. The highest BCUT2D eigenvalue weighted by Gasteiger charge is 2.28. The number of ether oxygens (including phenoxy) is 2. The van der Waals surface area contributed by atoms with Gasteiger partial charge in [-0.15, -0.1) is 0 Å². The van der Waals surface area contributed by atoms with E-state index in [1.54, 1.807) is 6.08 Å². The Hall–Kier alpha value is -2.48. The standard InChI is InChI=1S/C50H88O14P2/c1-4-5-6-7-27-32-37-46(51)38-33-28-23-19-16-17-21-25-30-35-40-50(54)64-48(44-63-66(58,59)62-42-47(52)41-61-65(55,56)57)43-60-49(53)39-34-29-24-20-15-13-11-9-8-10-12-14-18-22-26-31-36-45(2)3/h5-6,16-17,23,25,27-28,30,32-33,38,45-48,51-52H,4,7-15,18-22,24,26,29,31,34-37,39-44H2,1-3H3,(H,58,59)(H2,55,56,57)/b6-5-,17-16-,28-23-,30-25-,32-27-,38-33+/t46?,47-,48+/m0/s1. The normalized spacial score (nSPS) is 15.0. The van der Waals surface area contributed by atoms with Gasteiger partial charge in [-0.05, 0) is 50.9 Å². The van der Waals surface area contributed by atoms with Gasteiger partial charge in [0, 0.05) is 12.8 Å². The van der Waals surface area contributed by atoms with Crippen molar-refractivity contribution < 1.29 is 66.7 Å². The lowest BCUT2D eigenvalue weighted by Crippen LogP contribution is -2.29. The van der Waals surface area contributed by atoms with Crippen LogP contribution in [0.4, 0.5) is 0 Å². The minimum absolute atomic E-state index is 0.0187. The minimum Gasteiger partial charge on any atom is -0.462 e. The summed E-state index contributed by atoms with van der Waals surface area (Å²) in [5, 5.41) is 19.8. The van der Waals surface area contributed by atoms with E-state index in [0.29, 0.717) is 25.7 Å². The van der Waals surface area contributed by atoms with Gasteiger partial charge in [0.25, 0.3) is 0 Å². The van der Waals surface area contributed by atoms with E-state index in [1.807, 2.05) is 54.7 Å². The average molecular weight is 975 g/mol. The molecule has 0 spiro atoms. The number of unbranched alkanes of at least 4 members (excludes halogenated alkanes) is 15. The van der Waals surface area contributed by atoms with Gasteiger partial charge in [0.2, 0.25) is 0 Å². The van der Waals surface area contributed by atoms with Crippen molar-refractivity contribution in [2.75, 3.05) is 26.4 Å². The molecule has 0 saturated heterocycles. The van der Waals surface area contributed by atoms with Crippen LogP contribution in [0.25, 0.3) is 0 Å². The van der Waals surface area contributed by atoms with E-state index in [4.69, 9.17) is 23.8 Å². The molecule has 0 rings (SSSR count). The summed E-state index contributed by atoms with van der Waals surface area (Å²) in [4.78, 5) is 52.8. The van der Waals surface area contributed by atoms with Crippen LogP contribution in [-0.2, 0) is 41.8 Å². The van der Waals surface area contributed by atoms with Crippen molar-refractivity contribution in [2.45, 2.75) is 200 Å². The summed E-state index contributed by atoms with van der Waals surface area (Å²) < 4.78 is 47.8. The van der Waals surface area contributed by atoms with Crippen LogP contribution in [0.5, 0.6) is 0 Å². The fourth-order valence-electron chi connectivity index (χ4n) is 6.41. The van der Waals surface area contributed by atoms with E-state index in [1.165, 1.54) is 83.5 Å². The van der Waals surface area contributed by atoms with Crippen LogP contribution in [-0.4, -0.2) is 81.6 Å². The van der Waals surface area contributed by atoms with Gasteiger partial charge in [-0.2, -0.15) is 0 Å². The van der Waals surface area contributed by atoms with E-state index < -0.39 is 72.3 Å². The second-order valence-electron chi connectivity index (χ2n) is 17.0. The number of esters is 2. The molecule has 0 aliphatic carbocycles. The van der Waals surface area contributed by atoms with Crippen LogP contribution in [0.2, 0.25) is 0 Å². The van der Waals surface area contributed by atoms with Gasteiger partial charge < -0.3 is 34.4 Å². The molecule has 0 radical (unpaired) electrons. The molecule has 5 N–H and O–H groups in total. The molecule has 0 aliphatic rings. The summed E-state index contributed by atoms with van der Waals surface area (Å²) in [7, 11) is -9.73. The Balaban J connectivity index is 4.60. The molecule has 4 atom stereocenters. The lowest BCUT2D eigenvalue weighted by molar-refractivity contribution is -0.161. The fourth-order valence-corrected chi connectivity index (χ4v) is 7.56. The van der Waals surface area contributed by atoms with E-state index in [2.05, 4.69) is 42.0 Å². The number of hydrogen-bond donors (Lipinski definition) is 5. The van der Waals surface area contributed by atoms with Crippen molar-refractivity contribution in [3.05, 3.63) is 72.9 Å². The number of rotatable bonds is 45.